The molecule has 6 heteroatoms. The van der Waals surface area contributed by atoms with E-state index < -0.39 is 0 Å². The molecule has 2 heterocycles. The zero-order valence-corrected chi connectivity index (χ0v) is 14.4. The molecular weight excluding hydrogens is 338 g/mol. The van der Waals surface area contributed by atoms with Gasteiger partial charge < -0.3 is 0 Å². The Morgan fingerprint density at radius 2 is 1.92 bits per heavy atom. The summed E-state index contributed by atoms with van der Waals surface area (Å²) in [7, 11) is 0. The number of carbonyl (C=O) groups is 1. The molecule has 1 amide bonds. The second-order valence-corrected chi connectivity index (χ2v) is 7.24. The lowest BCUT2D eigenvalue weighted by atomic mass is 10.2. The first-order chi connectivity index (χ1) is 11.7. The van der Waals surface area contributed by atoms with Crippen molar-refractivity contribution >= 4 is 43.9 Å². The van der Waals surface area contributed by atoms with Gasteiger partial charge in [0.25, 0.3) is 5.91 Å². The SMILES string of the molecule is Cc1ccc2nc(NC(=O)c3csc(-c4ccccc4)n3)sc2c1. The molecule has 0 aliphatic heterocycles. The number of amides is 1. The maximum atomic E-state index is 12.4. The third-order valence-electron chi connectivity index (χ3n) is 3.52. The normalized spacial score (nSPS) is 10.9. The van der Waals surface area contributed by atoms with Crippen molar-refractivity contribution in [3.05, 3.63) is 65.2 Å². The van der Waals surface area contributed by atoms with E-state index in [9.17, 15) is 4.79 Å². The van der Waals surface area contributed by atoms with Gasteiger partial charge in [-0.25, -0.2) is 9.97 Å². The summed E-state index contributed by atoms with van der Waals surface area (Å²) in [5, 5.41) is 6.04. The van der Waals surface area contributed by atoms with E-state index in [1.807, 2.05) is 49.4 Å². The molecular formula is C18H13N3OS2. The first-order valence-corrected chi connectivity index (χ1v) is 9.08. The summed E-state index contributed by atoms with van der Waals surface area (Å²) < 4.78 is 1.06. The smallest absolute Gasteiger partial charge is 0.276 e. The van der Waals surface area contributed by atoms with Crippen LogP contribution in [0.5, 0.6) is 0 Å². The quantitative estimate of drug-likeness (QED) is 0.566. The summed E-state index contributed by atoms with van der Waals surface area (Å²) in [6.07, 6.45) is 0. The molecule has 0 aliphatic carbocycles. The summed E-state index contributed by atoms with van der Waals surface area (Å²) in [6.45, 7) is 2.04. The standard InChI is InChI=1S/C18H13N3OS2/c1-11-7-8-13-15(9-11)24-18(20-13)21-16(22)14-10-23-17(19-14)12-5-3-2-4-6-12/h2-10H,1H3,(H,20,21,22). The third-order valence-corrected chi connectivity index (χ3v) is 5.35. The van der Waals surface area contributed by atoms with Gasteiger partial charge in [0.05, 0.1) is 10.2 Å². The molecule has 0 aliphatic rings. The van der Waals surface area contributed by atoms with E-state index in [4.69, 9.17) is 0 Å². The number of benzene rings is 2. The summed E-state index contributed by atoms with van der Waals surface area (Å²) in [5.74, 6) is -0.232. The highest BCUT2D eigenvalue weighted by molar-refractivity contribution is 7.22. The monoisotopic (exact) mass is 351 g/mol. The van der Waals surface area contributed by atoms with Gasteiger partial charge in [0.1, 0.15) is 10.7 Å². The number of aryl methyl sites for hydroxylation is 1. The molecule has 1 N–H and O–H groups in total. The largest absolute Gasteiger partial charge is 0.296 e. The van der Waals surface area contributed by atoms with Crippen molar-refractivity contribution < 1.29 is 4.79 Å². The molecule has 2 aromatic heterocycles. The fourth-order valence-corrected chi connectivity index (χ4v) is 4.10. The van der Waals surface area contributed by atoms with Crippen LogP contribution in [-0.2, 0) is 0 Å². The average molecular weight is 351 g/mol. The first-order valence-electron chi connectivity index (χ1n) is 7.38. The molecule has 4 nitrogen and oxygen atoms in total. The van der Waals surface area contributed by atoms with E-state index in [1.165, 1.54) is 28.2 Å². The van der Waals surface area contributed by atoms with Crippen LogP contribution in [0.4, 0.5) is 5.13 Å². The maximum absolute atomic E-state index is 12.4. The van der Waals surface area contributed by atoms with Gasteiger partial charge in [-0.3, -0.25) is 10.1 Å². The summed E-state index contributed by atoms with van der Waals surface area (Å²) in [5.41, 5.74) is 3.49. The highest BCUT2D eigenvalue weighted by atomic mass is 32.1. The molecule has 118 valence electrons. The Kier molecular flexibility index (Phi) is 3.84. The van der Waals surface area contributed by atoms with Crippen molar-refractivity contribution in [1.82, 2.24) is 9.97 Å². The van der Waals surface area contributed by atoms with Crippen molar-refractivity contribution in [2.75, 3.05) is 5.32 Å². The van der Waals surface area contributed by atoms with Gasteiger partial charge in [0, 0.05) is 10.9 Å². The first kappa shape index (κ1) is 15.0. The van der Waals surface area contributed by atoms with E-state index in [0.29, 0.717) is 10.8 Å². The summed E-state index contributed by atoms with van der Waals surface area (Å²) in [4.78, 5) is 21.3. The average Bonchev–Trinajstić information content (AvgIpc) is 3.22. The Morgan fingerprint density at radius 3 is 2.75 bits per heavy atom. The van der Waals surface area contributed by atoms with E-state index in [1.54, 1.807) is 5.38 Å². The number of thiazole rings is 2. The van der Waals surface area contributed by atoms with Gasteiger partial charge in [0.15, 0.2) is 5.13 Å². The van der Waals surface area contributed by atoms with Gasteiger partial charge in [-0.1, -0.05) is 47.7 Å². The molecule has 0 unspecified atom stereocenters. The Balaban J connectivity index is 1.56. The highest BCUT2D eigenvalue weighted by Crippen LogP contribution is 2.28. The van der Waals surface area contributed by atoms with Crippen LogP contribution in [0, 0.1) is 6.92 Å². The van der Waals surface area contributed by atoms with Crippen LogP contribution >= 0.6 is 22.7 Å². The summed E-state index contributed by atoms with van der Waals surface area (Å²) in [6, 6.07) is 15.9. The van der Waals surface area contributed by atoms with Crippen molar-refractivity contribution in [2.45, 2.75) is 6.92 Å². The Hall–Kier alpha value is -2.57. The topological polar surface area (TPSA) is 54.9 Å². The second-order valence-electron chi connectivity index (χ2n) is 5.35. The number of anilines is 1. The lowest BCUT2D eigenvalue weighted by Crippen LogP contribution is -2.11. The van der Waals surface area contributed by atoms with Gasteiger partial charge in [0.2, 0.25) is 0 Å². The van der Waals surface area contributed by atoms with E-state index in [0.717, 1.165) is 20.8 Å². The molecule has 0 saturated carbocycles. The molecule has 2 aromatic carbocycles. The number of nitrogens with one attached hydrogen (secondary N) is 1. The molecule has 0 bridgehead atoms. The molecule has 0 saturated heterocycles. The minimum Gasteiger partial charge on any atom is -0.296 e. The number of carbonyl (C=O) groups excluding carboxylic acids is 1. The van der Waals surface area contributed by atoms with Crippen LogP contribution in [-0.4, -0.2) is 15.9 Å². The van der Waals surface area contributed by atoms with E-state index in [-0.39, 0.29) is 5.91 Å². The van der Waals surface area contributed by atoms with Crippen molar-refractivity contribution in [1.29, 1.82) is 0 Å². The number of rotatable bonds is 3. The molecule has 0 atom stereocenters. The Morgan fingerprint density at radius 1 is 1.08 bits per heavy atom. The van der Waals surface area contributed by atoms with Gasteiger partial charge in [-0.2, -0.15) is 0 Å². The van der Waals surface area contributed by atoms with Crippen molar-refractivity contribution in [2.24, 2.45) is 0 Å². The number of nitrogens with zero attached hydrogens (tertiary/aromatic N) is 2. The molecule has 0 spiro atoms. The van der Waals surface area contributed by atoms with Crippen LogP contribution in [0.15, 0.2) is 53.9 Å². The number of fused-ring (bicyclic) bond motifs is 1. The number of hydrogen-bond donors (Lipinski definition) is 1. The molecule has 4 rings (SSSR count). The van der Waals surface area contributed by atoms with Gasteiger partial charge in [-0.05, 0) is 24.6 Å². The van der Waals surface area contributed by atoms with Crippen molar-refractivity contribution in [3.63, 3.8) is 0 Å². The molecule has 4 aromatic rings. The summed E-state index contributed by atoms with van der Waals surface area (Å²) >= 11 is 2.93. The fourth-order valence-electron chi connectivity index (χ4n) is 2.34. The Labute approximate surface area is 146 Å². The highest BCUT2D eigenvalue weighted by Gasteiger charge is 2.14. The zero-order chi connectivity index (χ0) is 16.5. The van der Waals surface area contributed by atoms with Crippen LogP contribution in [0.2, 0.25) is 0 Å². The minimum atomic E-state index is -0.232. The fraction of sp³-hybridized carbons (Fsp3) is 0.0556. The molecule has 0 fully saturated rings. The molecule has 24 heavy (non-hydrogen) atoms. The number of aromatic nitrogens is 2. The van der Waals surface area contributed by atoms with Crippen LogP contribution in [0.3, 0.4) is 0 Å². The van der Waals surface area contributed by atoms with Crippen molar-refractivity contribution in [3.8, 4) is 10.6 Å². The van der Waals surface area contributed by atoms with E-state index in [2.05, 4.69) is 21.4 Å². The lowest BCUT2D eigenvalue weighted by molar-refractivity contribution is 0.102. The lowest BCUT2D eigenvalue weighted by Gasteiger charge is -1.97. The van der Waals surface area contributed by atoms with Gasteiger partial charge >= 0.3 is 0 Å². The second kappa shape index (κ2) is 6.14. The van der Waals surface area contributed by atoms with Gasteiger partial charge in [-0.15, -0.1) is 11.3 Å². The zero-order valence-electron chi connectivity index (χ0n) is 12.8. The maximum Gasteiger partial charge on any atom is 0.276 e. The van der Waals surface area contributed by atoms with E-state index >= 15 is 0 Å². The Bertz CT molecular complexity index is 1020. The number of hydrogen-bond acceptors (Lipinski definition) is 5. The molecule has 0 radical (unpaired) electrons. The predicted octanol–water partition coefficient (Wildman–Crippen LogP) is 4.98. The van der Waals surface area contributed by atoms with Crippen LogP contribution < -0.4 is 5.32 Å². The van der Waals surface area contributed by atoms with Crippen LogP contribution in [0.1, 0.15) is 16.1 Å². The third kappa shape index (κ3) is 2.93. The van der Waals surface area contributed by atoms with Crippen LogP contribution in [0.25, 0.3) is 20.8 Å². The predicted molar refractivity (Wildman–Crippen MR) is 99.9 cm³/mol. The minimum absolute atomic E-state index is 0.232.